The Labute approximate surface area is 151 Å². The third kappa shape index (κ3) is 5.02. The molecule has 3 rings (SSSR count). The number of ether oxygens (including phenoxy) is 1. The van der Waals surface area contributed by atoms with Gasteiger partial charge in [0.1, 0.15) is 0 Å². The lowest BCUT2D eigenvalue weighted by Crippen LogP contribution is -2.48. The van der Waals surface area contributed by atoms with Crippen LogP contribution in [0, 0.1) is 5.41 Å². The lowest BCUT2D eigenvalue weighted by Gasteiger charge is -2.36. The van der Waals surface area contributed by atoms with Gasteiger partial charge in [0.05, 0.1) is 6.10 Å². The van der Waals surface area contributed by atoms with Crippen molar-refractivity contribution in [1.82, 2.24) is 15.2 Å². The third-order valence-electron chi connectivity index (χ3n) is 5.08. The van der Waals surface area contributed by atoms with Crippen molar-refractivity contribution in [3.63, 3.8) is 0 Å². The fourth-order valence-electron chi connectivity index (χ4n) is 3.80. The Morgan fingerprint density at radius 2 is 2.08 bits per heavy atom. The van der Waals surface area contributed by atoms with E-state index in [1.807, 2.05) is 17.2 Å². The SMILES string of the molecule is CC(C)(C)CC(=O)N1CCC(N[C@H]2CCO[C@@H]2c2cccnc2)CC1. The zero-order valence-corrected chi connectivity index (χ0v) is 15.7. The molecular weight excluding hydrogens is 314 g/mol. The molecule has 1 amide bonds. The van der Waals surface area contributed by atoms with Gasteiger partial charge in [-0.15, -0.1) is 0 Å². The van der Waals surface area contributed by atoms with Crippen LogP contribution < -0.4 is 5.32 Å². The summed E-state index contributed by atoms with van der Waals surface area (Å²) in [6.07, 6.45) is 7.49. The average Bonchev–Trinajstić information content (AvgIpc) is 3.03. The number of hydrogen-bond acceptors (Lipinski definition) is 4. The first-order valence-corrected chi connectivity index (χ1v) is 9.48. The number of carbonyl (C=O) groups is 1. The number of amides is 1. The summed E-state index contributed by atoms with van der Waals surface area (Å²) in [4.78, 5) is 18.6. The molecule has 138 valence electrons. The molecule has 0 aliphatic carbocycles. The minimum Gasteiger partial charge on any atom is -0.372 e. The molecule has 2 saturated heterocycles. The quantitative estimate of drug-likeness (QED) is 0.912. The van der Waals surface area contributed by atoms with Gasteiger partial charge in [-0.2, -0.15) is 0 Å². The smallest absolute Gasteiger partial charge is 0.223 e. The third-order valence-corrected chi connectivity index (χ3v) is 5.08. The molecule has 0 spiro atoms. The summed E-state index contributed by atoms with van der Waals surface area (Å²) < 4.78 is 5.94. The van der Waals surface area contributed by atoms with Gasteiger partial charge in [-0.1, -0.05) is 26.8 Å². The molecule has 2 aliphatic rings. The number of likely N-dealkylation sites (tertiary alicyclic amines) is 1. The lowest BCUT2D eigenvalue weighted by molar-refractivity contribution is -0.134. The predicted octanol–water partition coefficient (Wildman–Crippen LogP) is 2.93. The van der Waals surface area contributed by atoms with E-state index in [0.29, 0.717) is 24.4 Å². The molecule has 0 saturated carbocycles. The maximum atomic E-state index is 12.4. The van der Waals surface area contributed by atoms with Crippen molar-refractivity contribution in [2.24, 2.45) is 5.41 Å². The highest BCUT2D eigenvalue weighted by Crippen LogP contribution is 2.30. The first-order chi connectivity index (χ1) is 11.9. The Morgan fingerprint density at radius 1 is 1.32 bits per heavy atom. The second-order valence-corrected chi connectivity index (χ2v) is 8.53. The zero-order valence-electron chi connectivity index (χ0n) is 15.7. The van der Waals surface area contributed by atoms with Gasteiger partial charge >= 0.3 is 0 Å². The molecule has 1 N–H and O–H groups in total. The van der Waals surface area contributed by atoms with Crippen molar-refractivity contribution in [1.29, 1.82) is 0 Å². The number of piperidine rings is 1. The monoisotopic (exact) mass is 345 g/mol. The molecule has 5 nitrogen and oxygen atoms in total. The number of nitrogens with one attached hydrogen (secondary N) is 1. The largest absolute Gasteiger partial charge is 0.372 e. The molecule has 0 unspecified atom stereocenters. The van der Waals surface area contributed by atoms with E-state index in [-0.39, 0.29) is 11.5 Å². The van der Waals surface area contributed by atoms with E-state index in [1.54, 1.807) is 6.20 Å². The van der Waals surface area contributed by atoms with Crippen LogP contribution in [0.25, 0.3) is 0 Å². The fourth-order valence-corrected chi connectivity index (χ4v) is 3.80. The molecular formula is C20H31N3O2. The van der Waals surface area contributed by atoms with Gasteiger partial charge in [0.2, 0.25) is 5.91 Å². The molecule has 2 fully saturated rings. The summed E-state index contributed by atoms with van der Waals surface area (Å²) in [6.45, 7) is 8.88. The van der Waals surface area contributed by atoms with Crippen LogP contribution in [0.3, 0.4) is 0 Å². The van der Waals surface area contributed by atoms with E-state index in [2.05, 4.69) is 37.1 Å². The topological polar surface area (TPSA) is 54.5 Å². The molecule has 2 aliphatic heterocycles. The van der Waals surface area contributed by atoms with Crippen LogP contribution in [0.2, 0.25) is 0 Å². The number of carbonyl (C=O) groups excluding carboxylic acids is 1. The highest BCUT2D eigenvalue weighted by molar-refractivity contribution is 5.76. The van der Waals surface area contributed by atoms with E-state index in [9.17, 15) is 4.79 Å². The standard InChI is InChI=1S/C20H31N3O2/c1-20(2,3)13-18(24)23-10-6-16(7-11-23)22-17-8-12-25-19(17)15-5-4-9-21-14-15/h4-5,9,14,16-17,19,22H,6-8,10-13H2,1-3H3/t17-,19+/m0/s1. The molecule has 0 radical (unpaired) electrons. The summed E-state index contributed by atoms with van der Waals surface area (Å²) >= 11 is 0. The summed E-state index contributed by atoms with van der Waals surface area (Å²) in [5, 5.41) is 3.78. The molecule has 0 aromatic carbocycles. The van der Waals surface area contributed by atoms with Crippen LogP contribution in [0.4, 0.5) is 0 Å². The summed E-state index contributed by atoms with van der Waals surface area (Å²) in [5.41, 5.74) is 1.21. The Bertz CT molecular complexity index is 562. The summed E-state index contributed by atoms with van der Waals surface area (Å²) in [7, 11) is 0. The highest BCUT2D eigenvalue weighted by atomic mass is 16.5. The van der Waals surface area contributed by atoms with Gasteiger partial charge in [-0.3, -0.25) is 9.78 Å². The summed E-state index contributed by atoms with van der Waals surface area (Å²) in [5.74, 6) is 0.295. The molecule has 1 aromatic rings. The van der Waals surface area contributed by atoms with Gasteiger partial charge < -0.3 is 15.0 Å². The molecule has 2 atom stereocenters. The Morgan fingerprint density at radius 3 is 2.72 bits per heavy atom. The van der Waals surface area contributed by atoms with Crippen LogP contribution in [-0.4, -0.2) is 47.6 Å². The zero-order chi connectivity index (χ0) is 17.9. The second kappa shape index (κ2) is 7.83. The average molecular weight is 345 g/mol. The van der Waals surface area contributed by atoms with Crippen molar-refractivity contribution >= 4 is 5.91 Å². The van der Waals surface area contributed by atoms with Gasteiger partial charge in [0.25, 0.3) is 0 Å². The molecule has 25 heavy (non-hydrogen) atoms. The van der Waals surface area contributed by atoms with E-state index in [1.165, 1.54) is 0 Å². The minimum atomic E-state index is 0.0598. The first-order valence-electron chi connectivity index (χ1n) is 9.48. The van der Waals surface area contributed by atoms with Gasteiger partial charge in [-0.25, -0.2) is 0 Å². The van der Waals surface area contributed by atoms with Crippen LogP contribution in [-0.2, 0) is 9.53 Å². The normalized spacial score (nSPS) is 25.3. The second-order valence-electron chi connectivity index (χ2n) is 8.53. The van der Waals surface area contributed by atoms with Crippen molar-refractivity contribution in [3.05, 3.63) is 30.1 Å². The molecule has 3 heterocycles. The number of rotatable bonds is 4. The van der Waals surface area contributed by atoms with Crippen molar-refractivity contribution in [3.8, 4) is 0 Å². The van der Waals surface area contributed by atoms with Gasteiger partial charge in [-0.05, 0) is 30.7 Å². The van der Waals surface area contributed by atoms with Crippen LogP contribution in [0.5, 0.6) is 0 Å². The van der Waals surface area contributed by atoms with E-state index < -0.39 is 0 Å². The molecule has 5 heteroatoms. The van der Waals surface area contributed by atoms with E-state index in [4.69, 9.17) is 4.74 Å². The van der Waals surface area contributed by atoms with Gasteiger partial charge in [0.15, 0.2) is 0 Å². The van der Waals surface area contributed by atoms with Crippen LogP contribution in [0.1, 0.15) is 58.1 Å². The lowest BCUT2D eigenvalue weighted by atomic mass is 9.91. The number of hydrogen-bond donors (Lipinski definition) is 1. The number of pyridine rings is 1. The Kier molecular flexibility index (Phi) is 5.74. The predicted molar refractivity (Wildman–Crippen MR) is 98.1 cm³/mol. The van der Waals surface area contributed by atoms with Crippen molar-refractivity contribution < 1.29 is 9.53 Å². The summed E-state index contributed by atoms with van der Waals surface area (Å²) in [6, 6.07) is 4.86. The minimum absolute atomic E-state index is 0.0598. The van der Waals surface area contributed by atoms with E-state index in [0.717, 1.165) is 44.5 Å². The fraction of sp³-hybridized carbons (Fsp3) is 0.700. The highest BCUT2D eigenvalue weighted by Gasteiger charge is 2.33. The van der Waals surface area contributed by atoms with Crippen molar-refractivity contribution in [2.45, 2.75) is 64.6 Å². The van der Waals surface area contributed by atoms with Gasteiger partial charge in [0, 0.05) is 56.2 Å². The Hall–Kier alpha value is -1.46. The molecule has 1 aromatic heterocycles. The number of nitrogens with zero attached hydrogens (tertiary/aromatic N) is 2. The molecule has 0 bridgehead atoms. The maximum absolute atomic E-state index is 12.4. The van der Waals surface area contributed by atoms with E-state index >= 15 is 0 Å². The van der Waals surface area contributed by atoms with Crippen LogP contribution >= 0.6 is 0 Å². The van der Waals surface area contributed by atoms with Crippen molar-refractivity contribution in [2.75, 3.05) is 19.7 Å². The van der Waals surface area contributed by atoms with Crippen LogP contribution in [0.15, 0.2) is 24.5 Å². The Balaban J connectivity index is 1.50. The first kappa shape index (κ1) is 18.3. The maximum Gasteiger partial charge on any atom is 0.223 e. The number of aromatic nitrogens is 1.